The van der Waals surface area contributed by atoms with Crippen LogP contribution in [0.5, 0.6) is 5.75 Å². The quantitative estimate of drug-likeness (QED) is 0.725. The van der Waals surface area contributed by atoms with E-state index in [2.05, 4.69) is 33.8 Å². The summed E-state index contributed by atoms with van der Waals surface area (Å²) in [4.78, 5) is 5.56. The Labute approximate surface area is 128 Å². The normalized spacial score (nSPS) is 10.7. The molecule has 1 heterocycles. The SMILES string of the molecule is Oc1ccc(SCc2nccn2Cc2ccccc2)cc1. The zero-order valence-electron chi connectivity index (χ0n) is 11.5. The Morgan fingerprint density at radius 3 is 2.52 bits per heavy atom. The van der Waals surface area contributed by atoms with E-state index in [1.165, 1.54) is 5.56 Å². The molecule has 0 saturated carbocycles. The molecule has 0 saturated heterocycles. The summed E-state index contributed by atoms with van der Waals surface area (Å²) in [6, 6.07) is 17.6. The number of imidazole rings is 1. The molecule has 0 amide bonds. The van der Waals surface area contributed by atoms with Gasteiger partial charge in [0.15, 0.2) is 0 Å². The maximum absolute atomic E-state index is 9.29. The Kier molecular flexibility index (Phi) is 4.26. The molecule has 0 atom stereocenters. The average Bonchev–Trinajstić information content (AvgIpc) is 2.95. The summed E-state index contributed by atoms with van der Waals surface area (Å²) in [5.41, 5.74) is 1.27. The molecule has 4 heteroatoms. The van der Waals surface area contributed by atoms with Crippen molar-refractivity contribution in [3.63, 3.8) is 0 Å². The van der Waals surface area contributed by atoms with Crippen molar-refractivity contribution in [3.8, 4) is 5.75 Å². The van der Waals surface area contributed by atoms with Gasteiger partial charge in [0, 0.05) is 23.8 Å². The maximum Gasteiger partial charge on any atom is 0.119 e. The topological polar surface area (TPSA) is 38.1 Å². The number of aromatic nitrogens is 2. The van der Waals surface area contributed by atoms with Crippen LogP contribution in [-0.2, 0) is 12.3 Å². The van der Waals surface area contributed by atoms with Gasteiger partial charge in [-0.05, 0) is 29.8 Å². The van der Waals surface area contributed by atoms with Crippen molar-refractivity contribution < 1.29 is 5.11 Å². The molecule has 0 bridgehead atoms. The van der Waals surface area contributed by atoms with Crippen molar-refractivity contribution >= 4 is 11.8 Å². The van der Waals surface area contributed by atoms with E-state index in [0.717, 1.165) is 23.0 Å². The van der Waals surface area contributed by atoms with Gasteiger partial charge >= 0.3 is 0 Å². The molecule has 0 unspecified atom stereocenters. The van der Waals surface area contributed by atoms with Crippen LogP contribution in [0, 0.1) is 0 Å². The van der Waals surface area contributed by atoms with Gasteiger partial charge in [-0.25, -0.2) is 4.98 Å². The zero-order chi connectivity index (χ0) is 14.5. The number of thioether (sulfide) groups is 1. The van der Waals surface area contributed by atoms with Crippen LogP contribution in [0.4, 0.5) is 0 Å². The minimum absolute atomic E-state index is 0.296. The van der Waals surface area contributed by atoms with Gasteiger partial charge in [-0.15, -0.1) is 11.8 Å². The second kappa shape index (κ2) is 6.50. The molecule has 3 aromatic rings. The molecule has 1 aromatic heterocycles. The molecule has 0 radical (unpaired) electrons. The first kappa shape index (κ1) is 13.8. The lowest BCUT2D eigenvalue weighted by molar-refractivity contribution is 0.475. The highest BCUT2D eigenvalue weighted by Gasteiger charge is 2.04. The van der Waals surface area contributed by atoms with E-state index in [9.17, 15) is 5.11 Å². The van der Waals surface area contributed by atoms with E-state index in [-0.39, 0.29) is 0 Å². The predicted octanol–water partition coefficient (Wildman–Crippen LogP) is 3.93. The first-order chi connectivity index (χ1) is 10.3. The van der Waals surface area contributed by atoms with Crippen LogP contribution in [-0.4, -0.2) is 14.7 Å². The Morgan fingerprint density at radius 2 is 1.76 bits per heavy atom. The molecule has 0 spiro atoms. The van der Waals surface area contributed by atoms with Gasteiger partial charge in [-0.1, -0.05) is 30.3 Å². The third kappa shape index (κ3) is 3.67. The summed E-state index contributed by atoms with van der Waals surface area (Å²) in [5, 5.41) is 9.29. The summed E-state index contributed by atoms with van der Waals surface area (Å²) in [6.07, 6.45) is 3.86. The molecule has 0 aliphatic carbocycles. The third-order valence-corrected chi connectivity index (χ3v) is 4.21. The Balaban J connectivity index is 1.66. The summed E-state index contributed by atoms with van der Waals surface area (Å²) >= 11 is 1.72. The van der Waals surface area contributed by atoms with E-state index in [4.69, 9.17) is 0 Å². The van der Waals surface area contributed by atoms with Crippen LogP contribution in [0.25, 0.3) is 0 Å². The number of nitrogens with zero attached hydrogens (tertiary/aromatic N) is 2. The van der Waals surface area contributed by atoms with Crippen molar-refractivity contribution in [2.24, 2.45) is 0 Å². The van der Waals surface area contributed by atoms with Crippen molar-refractivity contribution in [1.29, 1.82) is 0 Å². The number of benzene rings is 2. The Bertz CT molecular complexity index is 692. The number of hydrogen-bond acceptors (Lipinski definition) is 3. The van der Waals surface area contributed by atoms with Gasteiger partial charge in [0.1, 0.15) is 11.6 Å². The summed E-state index contributed by atoms with van der Waals surface area (Å²) in [5.74, 6) is 2.16. The maximum atomic E-state index is 9.29. The number of aromatic hydroxyl groups is 1. The molecule has 3 rings (SSSR count). The van der Waals surface area contributed by atoms with Crippen molar-refractivity contribution in [2.45, 2.75) is 17.2 Å². The van der Waals surface area contributed by atoms with Crippen LogP contribution in [0.3, 0.4) is 0 Å². The van der Waals surface area contributed by atoms with E-state index >= 15 is 0 Å². The van der Waals surface area contributed by atoms with E-state index in [1.54, 1.807) is 23.9 Å². The van der Waals surface area contributed by atoms with Crippen LogP contribution < -0.4 is 0 Å². The molecule has 0 aliphatic rings. The Hall–Kier alpha value is -2.20. The van der Waals surface area contributed by atoms with E-state index in [0.29, 0.717) is 5.75 Å². The van der Waals surface area contributed by atoms with Crippen LogP contribution in [0.2, 0.25) is 0 Å². The fourth-order valence-corrected chi connectivity index (χ4v) is 2.96. The molecule has 0 aliphatic heterocycles. The molecular formula is C17H16N2OS. The average molecular weight is 296 g/mol. The Morgan fingerprint density at radius 1 is 1.00 bits per heavy atom. The van der Waals surface area contributed by atoms with Gasteiger partial charge in [0.25, 0.3) is 0 Å². The number of rotatable bonds is 5. The number of phenolic OH excluding ortho intramolecular Hbond substituents is 1. The minimum atomic E-state index is 0.296. The lowest BCUT2D eigenvalue weighted by Crippen LogP contribution is -2.03. The molecule has 21 heavy (non-hydrogen) atoms. The molecule has 2 aromatic carbocycles. The minimum Gasteiger partial charge on any atom is -0.508 e. The number of hydrogen-bond donors (Lipinski definition) is 1. The van der Waals surface area contributed by atoms with Gasteiger partial charge < -0.3 is 9.67 Å². The largest absolute Gasteiger partial charge is 0.508 e. The van der Waals surface area contributed by atoms with E-state index in [1.807, 2.05) is 30.6 Å². The highest BCUT2D eigenvalue weighted by atomic mass is 32.2. The second-order valence-corrected chi connectivity index (χ2v) is 5.79. The fourth-order valence-electron chi connectivity index (χ4n) is 2.09. The first-order valence-electron chi connectivity index (χ1n) is 6.77. The zero-order valence-corrected chi connectivity index (χ0v) is 12.3. The van der Waals surface area contributed by atoms with Gasteiger partial charge in [0.05, 0.1) is 5.75 Å². The van der Waals surface area contributed by atoms with E-state index < -0.39 is 0 Å². The van der Waals surface area contributed by atoms with Crippen LogP contribution >= 0.6 is 11.8 Å². The molecule has 1 N–H and O–H groups in total. The lowest BCUT2D eigenvalue weighted by Gasteiger charge is -2.08. The summed E-state index contributed by atoms with van der Waals surface area (Å²) < 4.78 is 2.17. The molecular weight excluding hydrogens is 280 g/mol. The summed E-state index contributed by atoms with van der Waals surface area (Å²) in [7, 11) is 0. The van der Waals surface area contributed by atoms with Crippen molar-refractivity contribution in [2.75, 3.05) is 0 Å². The smallest absolute Gasteiger partial charge is 0.119 e. The summed E-state index contributed by atoms with van der Waals surface area (Å²) in [6.45, 7) is 0.840. The van der Waals surface area contributed by atoms with Crippen molar-refractivity contribution in [3.05, 3.63) is 78.4 Å². The number of phenols is 1. The highest BCUT2D eigenvalue weighted by molar-refractivity contribution is 7.98. The third-order valence-electron chi connectivity index (χ3n) is 3.20. The molecule has 106 valence electrons. The standard InChI is InChI=1S/C17H16N2OS/c20-15-6-8-16(9-7-15)21-13-17-18-10-11-19(17)12-14-4-2-1-3-5-14/h1-11,20H,12-13H2. The first-order valence-corrected chi connectivity index (χ1v) is 7.75. The van der Waals surface area contributed by atoms with Crippen LogP contribution in [0.1, 0.15) is 11.4 Å². The van der Waals surface area contributed by atoms with Gasteiger partial charge in [0.2, 0.25) is 0 Å². The molecule has 3 nitrogen and oxygen atoms in total. The predicted molar refractivity (Wildman–Crippen MR) is 85.4 cm³/mol. The monoisotopic (exact) mass is 296 g/mol. The highest BCUT2D eigenvalue weighted by Crippen LogP contribution is 2.24. The fraction of sp³-hybridized carbons (Fsp3) is 0.118. The van der Waals surface area contributed by atoms with Crippen molar-refractivity contribution in [1.82, 2.24) is 9.55 Å². The van der Waals surface area contributed by atoms with Gasteiger partial charge in [-0.3, -0.25) is 0 Å². The van der Waals surface area contributed by atoms with Gasteiger partial charge in [-0.2, -0.15) is 0 Å². The second-order valence-electron chi connectivity index (χ2n) is 4.74. The van der Waals surface area contributed by atoms with Crippen LogP contribution in [0.15, 0.2) is 71.9 Å². The molecule has 0 fully saturated rings. The lowest BCUT2D eigenvalue weighted by atomic mass is 10.2.